The molecular formula is C17H20N6. The van der Waals surface area contributed by atoms with E-state index in [9.17, 15) is 0 Å². The summed E-state index contributed by atoms with van der Waals surface area (Å²) in [5, 5.41) is 3.33. The van der Waals surface area contributed by atoms with Crippen LogP contribution in [0.5, 0.6) is 0 Å². The Morgan fingerprint density at radius 3 is 2.65 bits per heavy atom. The number of nitrogens with one attached hydrogen (secondary N) is 2. The molecule has 118 valence electrons. The van der Waals surface area contributed by atoms with E-state index in [-0.39, 0.29) is 0 Å². The summed E-state index contributed by atoms with van der Waals surface area (Å²) in [6.07, 6.45) is 5.35. The number of imidazole rings is 1. The van der Waals surface area contributed by atoms with Gasteiger partial charge in [0.05, 0.1) is 18.4 Å². The zero-order chi connectivity index (χ0) is 16.2. The molecule has 0 atom stereocenters. The number of hydrogen-bond acceptors (Lipinski definition) is 5. The van der Waals surface area contributed by atoms with E-state index in [1.165, 1.54) is 0 Å². The van der Waals surface area contributed by atoms with Gasteiger partial charge in [-0.15, -0.1) is 0 Å². The SMILES string of the molecule is Cc1cc(NCc2cnc(C(C)C)[nH]2)nc(-c2ccncc2)n1. The molecule has 0 saturated heterocycles. The van der Waals surface area contributed by atoms with Gasteiger partial charge < -0.3 is 10.3 Å². The molecule has 0 saturated carbocycles. The van der Waals surface area contributed by atoms with E-state index in [1.54, 1.807) is 12.4 Å². The molecule has 0 aliphatic rings. The summed E-state index contributed by atoms with van der Waals surface area (Å²) in [6, 6.07) is 5.75. The van der Waals surface area contributed by atoms with Crippen molar-refractivity contribution in [2.24, 2.45) is 0 Å². The van der Waals surface area contributed by atoms with Gasteiger partial charge in [0.15, 0.2) is 5.82 Å². The third-order valence-corrected chi connectivity index (χ3v) is 3.45. The van der Waals surface area contributed by atoms with Crippen molar-refractivity contribution in [3.63, 3.8) is 0 Å². The van der Waals surface area contributed by atoms with Crippen LogP contribution in [0.25, 0.3) is 11.4 Å². The Bertz CT molecular complexity index is 779. The number of H-pyrrole nitrogens is 1. The van der Waals surface area contributed by atoms with E-state index >= 15 is 0 Å². The average molecular weight is 308 g/mol. The lowest BCUT2D eigenvalue weighted by Crippen LogP contribution is -2.04. The fourth-order valence-corrected chi connectivity index (χ4v) is 2.23. The maximum absolute atomic E-state index is 4.58. The van der Waals surface area contributed by atoms with E-state index < -0.39 is 0 Å². The van der Waals surface area contributed by atoms with Crippen LogP contribution >= 0.6 is 0 Å². The van der Waals surface area contributed by atoms with Gasteiger partial charge in [-0.25, -0.2) is 15.0 Å². The molecule has 0 aliphatic carbocycles. The number of aromatic amines is 1. The Hall–Kier alpha value is -2.76. The monoisotopic (exact) mass is 308 g/mol. The number of nitrogens with zero attached hydrogens (tertiary/aromatic N) is 4. The number of pyridine rings is 1. The second kappa shape index (κ2) is 6.56. The molecule has 3 heterocycles. The van der Waals surface area contributed by atoms with E-state index in [0.29, 0.717) is 18.3 Å². The van der Waals surface area contributed by atoms with Crippen LogP contribution < -0.4 is 5.32 Å². The van der Waals surface area contributed by atoms with Gasteiger partial charge in [-0.3, -0.25) is 4.98 Å². The topological polar surface area (TPSA) is 79.4 Å². The lowest BCUT2D eigenvalue weighted by atomic mass is 10.2. The first kappa shape index (κ1) is 15.1. The first-order valence-corrected chi connectivity index (χ1v) is 7.65. The van der Waals surface area contributed by atoms with Gasteiger partial charge in [0.2, 0.25) is 0 Å². The highest BCUT2D eigenvalue weighted by atomic mass is 15.0. The highest BCUT2D eigenvalue weighted by Crippen LogP contribution is 2.17. The minimum Gasteiger partial charge on any atom is -0.364 e. The smallest absolute Gasteiger partial charge is 0.161 e. The summed E-state index contributed by atoms with van der Waals surface area (Å²) in [4.78, 5) is 20.8. The van der Waals surface area contributed by atoms with E-state index in [4.69, 9.17) is 0 Å². The summed E-state index contributed by atoms with van der Waals surface area (Å²) in [5.41, 5.74) is 2.91. The molecular weight excluding hydrogens is 288 g/mol. The molecule has 3 rings (SSSR count). The Kier molecular flexibility index (Phi) is 4.32. The first-order chi connectivity index (χ1) is 11.1. The van der Waals surface area contributed by atoms with Crippen molar-refractivity contribution in [1.29, 1.82) is 0 Å². The second-order valence-electron chi connectivity index (χ2n) is 5.76. The van der Waals surface area contributed by atoms with Gasteiger partial charge in [-0.1, -0.05) is 13.8 Å². The molecule has 0 unspecified atom stereocenters. The Morgan fingerprint density at radius 2 is 1.96 bits per heavy atom. The maximum atomic E-state index is 4.58. The number of anilines is 1. The lowest BCUT2D eigenvalue weighted by Gasteiger charge is -2.08. The van der Waals surface area contributed by atoms with Gasteiger partial charge in [-0.05, 0) is 19.1 Å². The minimum absolute atomic E-state index is 0.392. The predicted molar refractivity (Wildman–Crippen MR) is 90.0 cm³/mol. The molecule has 0 bridgehead atoms. The molecule has 0 fully saturated rings. The Labute approximate surface area is 135 Å². The summed E-state index contributed by atoms with van der Waals surface area (Å²) in [6.45, 7) is 6.84. The summed E-state index contributed by atoms with van der Waals surface area (Å²) >= 11 is 0. The molecule has 0 aliphatic heterocycles. The molecule has 3 aromatic rings. The lowest BCUT2D eigenvalue weighted by molar-refractivity contribution is 0.789. The molecule has 3 aromatic heterocycles. The normalized spacial score (nSPS) is 11.0. The predicted octanol–water partition coefficient (Wildman–Crippen LogP) is 3.31. The Balaban J connectivity index is 1.76. The van der Waals surface area contributed by atoms with Crippen LogP contribution in [0.3, 0.4) is 0 Å². The van der Waals surface area contributed by atoms with Gasteiger partial charge in [0, 0.05) is 35.6 Å². The molecule has 0 spiro atoms. The molecule has 23 heavy (non-hydrogen) atoms. The highest BCUT2D eigenvalue weighted by molar-refractivity contribution is 5.56. The highest BCUT2D eigenvalue weighted by Gasteiger charge is 2.07. The summed E-state index contributed by atoms with van der Waals surface area (Å²) in [7, 11) is 0. The van der Waals surface area contributed by atoms with Gasteiger partial charge in [0.25, 0.3) is 0 Å². The molecule has 6 heteroatoms. The van der Waals surface area contributed by atoms with Gasteiger partial charge in [-0.2, -0.15) is 0 Å². The van der Waals surface area contributed by atoms with Gasteiger partial charge in [0.1, 0.15) is 11.6 Å². The van der Waals surface area contributed by atoms with E-state index in [0.717, 1.165) is 28.6 Å². The van der Waals surface area contributed by atoms with Crippen molar-refractivity contribution < 1.29 is 0 Å². The summed E-state index contributed by atoms with van der Waals surface area (Å²) in [5.74, 6) is 2.88. The molecule has 0 radical (unpaired) electrons. The largest absolute Gasteiger partial charge is 0.364 e. The van der Waals surface area contributed by atoms with Crippen molar-refractivity contribution in [3.8, 4) is 11.4 Å². The van der Waals surface area contributed by atoms with Crippen LogP contribution in [0, 0.1) is 6.92 Å². The van der Waals surface area contributed by atoms with Crippen molar-refractivity contribution in [1.82, 2.24) is 24.9 Å². The van der Waals surface area contributed by atoms with E-state index in [1.807, 2.05) is 31.3 Å². The molecule has 2 N–H and O–H groups in total. The van der Waals surface area contributed by atoms with Crippen LogP contribution in [0.4, 0.5) is 5.82 Å². The number of rotatable bonds is 5. The molecule has 0 aromatic carbocycles. The summed E-state index contributed by atoms with van der Waals surface area (Å²) < 4.78 is 0. The molecule has 0 amide bonds. The van der Waals surface area contributed by atoms with Crippen molar-refractivity contribution in [2.45, 2.75) is 33.2 Å². The quantitative estimate of drug-likeness (QED) is 0.756. The Morgan fingerprint density at radius 1 is 1.17 bits per heavy atom. The average Bonchev–Trinajstić information content (AvgIpc) is 3.03. The van der Waals surface area contributed by atoms with Gasteiger partial charge >= 0.3 is 0 Å². The van der Waals surface area contributed by atoms with Crippen LogP contribution in [-0.2, 0) is 6.54 Å². The minimum atomic E-state index is 0.392. The fraction of sp³-hybridized carbons (Fsp3) is 0.294. The van der Waals surface area contributed by atoms with Crippen molar-refractivity contribution >= 4 is 5.82 Å². The van der Waals surface area contributed by atoms with Crippen molar-refractivity contribution in [2.75, 3.05) is 5.32 Å². The number of aryl methyl sites for hydroxylation is 1. The zero-order valence-corrected chi connectivity index (χ0v) is 13.5. The maximum Gasteiger partial charge on any atom is 0.161 e. The second-order valence-corrected chi connectivity index (χ2v) is 5.76. The first-order valence-electron chi connectivity index (χ1n) is 7.65. The fourth-order valence-electron chi connectivity index (χ4n) is 2.23. The number of hydrogen-bond donors (Lipinski definition) is 2. The molecule has 6 nitrogen and oxygen atoms in total. The van der Waals surface area contributed by atoms with Crippen LogP contribution in [-0.4, -0.2) is 24.9 Å². The van der Waals surface area contributed by atoms with Crippen LogP contribution in [0.2, 0.25) is 0 Å². The van der Waals surface area contributed by atoms with Crippen LogP contribution in [0.15, 0.2) is 36.8 Å². The van der Waals surface area contributed by atoms with Crippen molar-refractivity contribution in [3.05, 3.63) is 54.0 Å². The van der Waals surface area contributed by atoms with Crippen LogP contribution in [0.1, 0.15) is 37.0 Å². The van der Waals surface area contributed by atoms with E-state index in [2.05, 4.69) is 44.1 Å². The zero-order valence-electron chi connectivity index (χ0n) is 13.5. The third kappa shape index (κ3) is 3.71. The third-order valence-electron chi connectivity index (χ3n) is 3.45. The number of aromatic nitrogens is 5. The standard InChI is InChI=1S/C17H20N6/c1-11(2)16-20-10-14(22-16)9-19-15-8-12(3)21-17(23-15)13-4-6-18-7-5-13/h4-8,10-11H,9H2,1-3H3,(H,20,22)(H,19,21,23).